The molecule has 0 bridgehead atoms. The van der Waals surface area contributed by atoms with Gasteiger partial charge in [0.1, 0.15) is 0 Å². The number of nitrogens with two attached hydrogens (primary N) is 2. The zero-order valence-electron chi connectivity index (χ0n) is 37.5. The topological polar surface area (TPSA) is 64.1 Å². The summed E-state index contributed by atoms with van der Waals surface area (Å²) in [5.41, 5.74) is 19.1. The number of rotatable bonds is 8. The van der Waals surface area contributed by atoms with Crippen LogP contribution in [-0.4, -0.2) is 7.05 Å². The lowest BCUT2D eigenvalue weighted by Gasteiger charge is -2.41. The fourth-order valence-corrected chi connectivity index (χ4v) is 8.04. The molecule has 5 N–H and O–H groups in total. The van der Waals surface area contributed by atoms with Gasteiger partial charge in [-0.05, 0) is 111 Å². The molecule has 0 aliphatic heterocycles. The van der Waals surface area contributed by atoms with E-state index in [2.05, 4.69) is 206 Å². The Labute approximate surface area is 387 Å². The van der Waals surface area contributed by atoms with Gasteiger partial charge in [-0.1, -0.05) is 250 Å². The molecule has 1 unspecified atom stereocenters. The van der Waals surface area contributed by atoms with Crippen LogP contribution in [0.15, 0.2) is 290 Å². The molecule has 0 amide bonds. The lowest BCUT2D eigenvalue weighted by atomic mass is 9.61. The van der Waals surface area contributed by atoms with E-state index >= 15 is 0 Å². The van der Waals surface area contributed by atoms with Crippen molar-refractivity contribution >= 4 is 16.8 Å². The molecule has 1 atom stereocenters. The zero-order valence-corrected chi connectivity index (χ0v) is 37.5. The van der Waals surface area contributed by atoms with Crippen LogP contribution in [0.3, 0.4) is 0 Å². The fraction of sp³-hybridized carbons (Fsp3) is 0.0968. The normalized spacial score (nSPS) is 24.4. The average molecular weight is 848 g/mol. The number of hydrogen-bond acceptors (Lipinski definition) is 3. The quantitative estimate of drug-likeness (QED) is 0.0716. The summed E-state index contributed by atoms with van der Waals surface area (Å²) < 4.78 is 0. The molecule has 0 radical (unpaired) electrons. The van der Waals surface area contributed by atoms with Crippen LogP contribution in [0.2, 0.25) is 0 Å². The Morgan fingerprint density at radius 2 is 1.34 bits per heavy atom. The Morgan fingerprint density at radius 3 is 2.14 bits per heavy atom. The minimum atomic E-state index is -0.686. The first-order valence-electron chi connectivity index (χ1n) is 22.3. The van der Waals surface area contributed by atoms with Crippen LogP contribution in [0.4, 0.5) is 0 Å². The van der Waals surface area contributed by atoms with Crippen molar-refractivity contribution in [2.45, 2.75) is 24.7 Å². The third kappa shape index (κ3) is 13.2. The first kappa shape index (κ1) is 46.9. The third-order valence-corrected chi connectivity index (χ3v) is 11.2. The van der Waals surface area contributed by atoms with E-state index in [0.29, 0.717) is 12.1 Å². The highest BCUT2D eigenvalue weighted by molar-refractivity contribution is 5.86. The maximum absolute atomic E-state index is 6.24. The van der Waals surface area contributed by atoms with Crippen LogP contribution < -0.4 is 17.0 Å². The third-order valence-electron chi connectivity index (χ3n) is 11.2. The van der Waals surface area contributed by atoms with Gasteiger partial charge in [-0.3, -0.25) is 11.3 Å². The fourth-order valence-electron chi connectivity index (χ4n) is 8.04. The van der Waals surface area contributed by atoms with Crippen LogP contribution in [0.1, 0.15) is 34.2 Å². The van der Waals surface area contributed by atoms with Crippen molar-refractivity contribution in [3.8, 4) is 0 Å². The Kier molecular flexibility index (Phi) is 18.0. The molecule has 324 valence electrons. The summed E-state index contributed by atoms with van der Waals surface area (Å²) in [5.74, 6) is 5.37. The van der Waals surface area contributed by atoms with Gasteiger partial charge in [0.15, 0.2) is 0 Å². The lowest BCUT2D eigenvalue weighted by Crippen LogP contribution is -2.34. The molecule has 3 nitrogen and oxygen atoms in total. The van der Waals surface area contributed by atoms with Gasteiger partial charge in [0, 0.05) is 5.70 Å². The number of allylic oxidation sites excluding steroid dienone is 30. The molecular weight excluding hydrogens is 787 g/mol. The molecule has 0 saturated heterocycles. The summed E-state index contributed by atoms with van der Waals surface area (Å²) in [6.45, 7) is 8.68. The van der Waals surface area contributed by atoms with Crippen LogP contribution in [0, 0.1) is 5.92 Å². The van der Waals surface area contributed by atoms with Gasteiger partial charge < -0.3 is 5.73 Å². The largest absolute Gasteiger partial charge is 0.399 e. The Hall–Kier alpha value is -7.56. The molecule has 4 aliphatic carbocycles. The maximum atomic E-state index is 6.24. The van der Waals surface area contributed by atoms with Gasteiger partial charge >= 0.3 is 0 Å². The predicted molar refractivity (Wildman–Crippen MR) is 283 cm³/mol. The number of hydrogen-bond donors (Lipinski definition) is 3. The van der Waals surface area contributed by atoms with Crippen LogP contribution in [-0.2, 0) is 18.3 Å². The highest BCUT2D eigenvalue weighted by atomic mass is 15.2. The first-order valence-corrected chi connectivity index (χ1v) is 22.3. The number of fused-ring (bicyclic) bond motifs is 5. The standard InChI is InChI=1S/C48H41N.C13H14.CH6N2/c1-3-4-5-7-11-29-44-30-17-15-23-39-24-16-18-33-46(39)48(44)37(2)21-19-28-40(34-43-35-41-25-13-14-26-42(41)36-47(43)48)38-22-10-8-6-9-12-31-45(49)32-20-27-38;1-2-6-12(7-3-1)8-4-5-9-13-10-11-13;1-3-2/h3-33,35-36H,1-2,34,49H2;1-7,10-11,13H,8-9H2;3H,2H2,1H3/b5-4-,8-6+,9-6?,10-8?,11-7-,12-9+,21-19-,22-10-,23-15-,27-20?,30-17-,31-12?,32-20-,38-22?,38-27+,40-28+,44-29-,45-31+,45-32?;5-4+;. The summed E-state index contributed by atoms with van der Waals surface area (Å²) in [6, 6.07) is 32.7. The lowest BCUT2D eigenvalue weighted by molar-refractivity contribution is 0.734. The van der Waals surface area contributed by atoms with Crippen LogP contribution in [0.25, 0.3) is 16.8 Å². The number of nitrogens with one attached hydrogen (secondary N) is 1. The molecule has 0 fully saturated rings. The number of hydrazine groups is 1. The monoisotopic (exact) mass is 847 g/mol. The smallest absolute Gasteiger partial charge is 0.0704 e. The van der Waals surface area contributed by atoms with E-state index < -0.39 is 5.41 Å². The van der Waals surface area contributed by atoms with Crippen molar-refractivity contribution in [3.05, 3.63) is 318 Å². The van der Waals surface area contributed by atoms with Crippen LogP contribution in [0.5, 0.6) is 0 Å². The summed E-state index contributed by atoms with van der Waals surface area (Å²) in [5, 5.41) is 2.40. The molecule has 4 aromatic carbocycles. The average Bonchev–Trinajstić information content (AvgIpc) is 4.14. The van der Waals surface area contributed by atoms with Gasteiger partial charge in [-0.15, -0.1) is 0 Å². The van der Waals surface area contributed by atoms with Gasteiger partial charge in [0.2, 0.25) is 0 Å². The van der Waals surface area contributed by atoms with E-state index in [1.165, 1.54) is 45.0 Å². The molecule has 1 spiro atoms. The minimum absolute atomic E-state index is 0.686. The van der Waals surface area contributed by atoms with E-state index in [1.807, 2.05) is 60.8 Å². The van der Waals surface area contributed by atoms with Gasteiger partial charge in [0.05, 0.1) is 5.41 Å². The summed E-state index contributed by atoms with van der Waals surface area (Å²) in [7, 11) is 1.65. The molecular formula is C62H61N3. The number of benzene rings is 4. The van der Waals surface area contributed by atoms with Crippen LogP contribution >= 0.6 is 0 Å². The van der Waals surface area contributed by atoms with Crippen molar-refractivity contribution in [2.75, 3.05) is 7.05 Å². The molecule has 4 aliphatic rings. The highest BCUT2D eigenvalue weighted by Crippen LogP contribution is 2.51. The maximum Gasteiger partial charge on any atom is 0.0704 e. The zero-order chi connectivity index (χ0) is 45.5. The van der Waals surface area contributed by atoms with E-state index in [9.17, 15) is 0 Å². The SMILES string of the molecule is C1=CC1C/C=C/Cc1ccccc1.C=C\C=C/C=C\C=C1\C=C/C=C\c2ccccc2C12C(=C)\C=C/C=C(C1=C/C=C\C(N)=C/C=C/C=C/C=C\1)\Cc1cc3ccccc3cc12.CNN. The first-order chi connectivity index (χ1) is 32.0. The van der Waals surface area contributed by atoms with E-state index in [0.717, 1.165) is 34.6 Å². The van der Waals surface area contributed by atoms with Gasteiger partial charge in [-0.2, -0.15) is 0 Å². The second kappa shape index (κ2) is 24.9. The molecule has 0 heterocycles. The second-order valence-electron chi connectivity index (χ2n) is 15.8. The second-order valence-corrected chi connectivity index (χ2v) is 15.8. The highest BCUT2D eigenvalue weighted by Gasteiger charge is 2.42. The molecule has 8 rings (SSSR count). The van der Waals surface area contributed by atoms with Crippen molar-refractivity contribution in [3.63, 3.8) is 0 Å². The summed E-state index contributed by atoms with van der Waals surface area (Å²) >= 11 is 0. The van der Waals surface area contributed by atoms with Crippen molar-refractivity contribution in [1.82, 2.24) is 5.43 Å². The Balaban J connectivity index is 0.000000368. The summed E-state index contributed by atoms with van der Waals surface area (Å²) in [6.07, 6.45) is 59.6. The van der Waals surface area contributed by atoms with Gasteiger partial charge in [0.25, 0.3) is 0 Å². The van der Waals surface area contributed by atoms with E-state index in [4.69, 9.17) is 12.3 Å². The van der Waals surface area contributed by atoms with E-state index in [-0.39, 0.29) is 0 Å². The van der Waals surface area contributed by atoms with E-state index in [1.54, 1.807) is 13.1 Å². The Bertz CT molecular complexity index is 2760. The molecule has 0 aromatic heterocycles. The minimum Gasteiger partial charge on any atom is -0.399 e. The summed E-state index contributed by atoms with van der Waals surface area (Å²) in [4.78, 5) is 0. The van der Waals surface area contributed by atoms with Gasteiger partial charge in [-0.25, -0.2) is 0 Å². The van der Waals surface area contributed by atoms with Crippen molar-refractivity contribution in [2.24, 2.45) is 17.5 Å². The molecule has 0 saturated carbocycles. The molecule has 65 heavy (non-hydrogen) atoms. The molecule has 4 aromatic rings. The molecule has 3 heteroatoms. The predicted octanol–water partition coefficient (Wildman–Crippen LogP) is 14.0. The Morgan fingerprint density at radius 1 is 0.662 bits per heavy atom. The van der Waals surface area contributed by atoms with Crippen molar-refractivity contribution < 1.29 is 0 Å². The van der Waals surface area contributed by atoms with Crippen molar-refractivity contribution in [1.29, 1.82) is 0 Å².